The number of nitrogens with one attached hydrogen (secondary N) is 1. The molecule has 1 amide bonds. The molecule has 1 N–H and O–H groups in total. The summed E-state index contributed by atoms with van der Waals surface area (Å²) in [4.78, 5) is 17.3. The highest BCUT2D eigenvalue weighted by molar-refractivity contribution is 5.83. The summed E-state index contributed by atoms with van der Waals surface area (Å²) in [5.41, 5.74) is 0.879. The van der Waals surface area contributed by atoms with Crippen molar-refractivity contribution >= 4 is 5.91 Å². The fourth-order valence-electron chi connectivity index (χ4n) is 3.32. The molecule has 1 heterocycles. The Morgan fingerprint density at radius 3 is 2.57 bits per heavy atom. The van der Waals surface area contributed by atoms with Crippen molar-refractivity contribution in [1.82, 2.24) is 15.1 Å². The summed E-state index contributed by atoms with van der Waals surface area (Å²) in [5, 5.41) is 3.12. The van der Waals surface area contributed by atoms with E-state index in [1.807, 2.05) is 0 Å². The Bertz CT molecular complexity index is 542. The summed E-state index contributed by atoms with van der Waals surface area (Å²) in [7, 11) is 4.18. The molecule has 1 saturated carbocycles. The van der Waals surface area contributed by atoms with Crippen LogP contribution in [0.25, 0.3) is 0 Å². The predicted octanol–water partition coefficient (Wildman–Crippen LogP) is 2.17. The van der Waals surface area contributed by atoms with Crippen LogP contribution in [0.4, 0.5) is 4.39 Å². The van der Waals surface area contributed by atoms with E-state index in [-0.39, 0.29) is 17.8 Å². The van der Waals surface area contributed by atoms with E-state index in [1.165, 1.54) is 12.1 Å². The fourth-order valence-corrected chi connectivity index (χ4v) is 3.32. The van der Waals surface area contributed by atoms with Crippen molar-refractivity contribution in [2.45, 2.75) is 43.8 Å². The van der Waals surface area contributed by atoms with Gasteiger partial charge in [0, 0.05) is 18.6 Å². The van der Waals surface area contributed by atoms with Crippen LogP contribution in [-0.4, -0.2) is 55.0 Å². The molecule has 1 aliphatic heterocycles. The lowest BCUT2D eigenvalue weighted by Gasteiger charge is -2.40. The second kappa shape index (κ2) is 6.97. The van der Waals surface area contributed by atoms with Gasteiger partial charge in [0.25, 0.3) is 0 Å². The maximum atomic E-state index is 13.3. The Balaban J connectivity index is 1.81. The Morgan fingerprint density at radius 1 is 1.26 bits per heavy atom. The molecule has 1 saturated heterocycles. The number of carbonyl (C=O) groups is 1. The van der Waals surface area contributed by atoms with E-state index in [2.05, 4.69) is 29.2 Å². The standard InChI is InChI=1S/C18H26FN3O/c1-21(2)16-4-3-11-22(12-16)17(18(23)20-15-9-10-15)13-5-7-14(19)8-6-13/h5-8,15-17H,3-4,9-12H2,1-2H3,(H,20,23). The normalized spacial score (nSPS) is 23.7. The summed E-state index contributed by atoms with van der Waals surface area (Å²) >= 11 is 0. The number of hydrogen-bond donors (Lipinski definition) is 1. The molecule has 4 nitrogen and oxygen atoms in total. The zero-order chi connectivity index (χ0) is 16.4. The number of halogens is 1. The number of nitrogens with zero attached hydrogens (tertiary/aromatic N) is 2. The highest BCUT2D eigenvalue weighted by atomic mass is 19.1. The lowest BCUT2D eigenvalue weighted by molar-refractivity contribution is -0.127. The summed E-state index contributed by atoms with van der Waals surface area (Å²) in [6.07, 6.45) is 4.38. The first-order chi connectivity index (χ1) is 11.0. The Hall–Kier alpha value is -1.46. The highest BCUT2D eigenvalue weighted by Crippen LogP contribution is 2.28. The molecule has 2 unspecified atom stereocenters. The summed E-state index contributed by atoms with van der Waals surface area (Å²) < 4.78 is 13.3. The minimum absolute atomic E-state index is 0.0542. The molecule has 2 atom stereocenters. The van der Waals surface area contributed by atoms with Crippen LogP contribution in [0.1, 0.15) is 37.3 Å². The topological polar surface area (TPSA) is 35.6 Å². The highest BCUT2D eigenvalue weighted by Gasteiger charge is 2.34. The molecule has 23 heavy (non-hydrogen) atoms. The number of piperidine rings is 1. The zero-order valence-corrected chi connectivity index (χ0v) is 14.0. The Labute approximate surface area is 137 Å². The van der Waals surface area contributed by atoms with Gasteiger partial charge in [0.15, 0.2) is 0 Å². The first-order valence-corrected chi connectivity index (χ1v) is 8.51. The molecule has 0 bridgehead atoms. The van der Waals surface area contributed by atoms with E-state index in [9.17, 15) is 9.18 Å². The third kappa shape index (κ3) is 4.09. The molecule has 1 aromatic carbocycles. The van der Waals surface area contributed by atoms with E-state index >= 15 is 0 Å². The van der Waals surface area contributed by atoms with Gasteiger partial charge in [-0.3, -0.25) is 9.69 Å². The SMILES string of the molecule is CN(C)C1CCCN(C(C(=O)NC2CC2)c2ccc(F)cc2)C1. The van der Waals surface area contributed by atoms with Crippen molar-refractivity contribution in [2.24, 2.45) is 0 Å². The second-order valence-corrected chi connectivity index (χ2v) is 6.99. The van der Waals surface area contributed by atoms with Crippen molar-refractivity contribution in [2.75, 3.05) is 27.2 Å². The molecule has 2 aliphatic rings. The van der Waals surface area contributed by atoms with Crippen molar-refractivity contribution < 1.29 is 9.18 Å². The molecule has 3 rings (SSSR count). The molecule has 5 heteroatoms. The van der Waals surface area contributed by atoms with Crippen molar-refractivity contribution in [3.8, 4) is 0 Å². The van der Waals surface area contributed by atoms with Crippen LogP contribution in [0.15, 0.2) is 24.3 Å². The number of carbonyl (C=O) groups excluding carboxylic acids is 1. The molecular weight excluding hydrogens is 293 g/mol. The monoisotopic (exact) mass is 319 g/mol. The van der Waals surface area contributed by atoms with Gasteiger partial charge >= 0.3 is 0 Å². The van der Waals surface area contributed by atoms with E-state index < -0.39 is 0 Å². The van der Waals surface area contributed by atoms with E-state index in [0.29, 0.717) is 12.1 Å². The number of rotatable bonds is 5. The van der Waals surface area contributed by atoms with Gasteiger partial charge in [-0.05, 0) is 64.0 Å². The number of hydrogen-bond acceptors (Lipinski definition) is 3. The maximum absolute atomic E-state index is 13.3. The van der Waals surface area contributed by atoms with Gasteiger partial charge in [0.05, 0.1) is 0 Å². The van der Waals surface area contributed by atoms with Crippen LogP contribution >= 0.6 is 0 Å². The third-order valence-corrected chi connectivity index (χ3v) is 4.88. The number of likely N-dealkylation sites (N-methyl/N-ethyl adjacent to an activating group) is 1. The van der Waals surface area contributed by atoms with Gasteiger partial charge in [0.2, 0.25) is 5.91 Å². The van der Waals surface area contributed by atoms with Gasteiger partial charge < -0.3 is 10.2 Å². The Morgan fingerprint density at radius 2 is 1.96 bits per heavy atom. The Kier molecular flexibility index (Phi) is 4.97. The smallest absolute Gasteiger partial charge is 0.242 e. The maximum Gasteiger partial charge on any atom is 0.242 e. The van der Waals surface area contributed by atoms with Crippen LogP contribution in [-0.2, 0) is 4.79 Å². The lowest BCUT2D eigenvalue weighted by atomic mass is 9.98. The first kappa shape index (κ1) is 16.4. The van der Waals surface area contributed by atoms with E-state index in [4.69, 9.17) is 0 Å². The minimum atomic E-state index is -0.320. The van der Waals surface area contributed by atoms with Crippen LogP contribution in [0.3, 0.4) is 0 Å². The van der Waals surface area contributed by atoms with Gasteiger partial charge in [-0.25, -0.2) is 4.39 Å². The molecular formula is C18H26FN3O. The molecule has 0 aromatic heterocycles. The first-order valence-electron chi connectivity index (χ1n) is 8.51. The molecule has 2 fully saturated rings. The van der Waals surface area contributed by atoms with Crippen molar-refractivity contribution in [3.05, 3.63) is 35.6 Å². The average Bonchev–Trinajstić information content (AvgIpc) is 3.34. The largest absolute Gasteiger partial charge is 0.352 e. The summed E-state index contributed by atoms with van der Waals surface area (Å²) in [6.45, 7) is 1.78. The molecule has 126 valence electrons. The minimum Gasteiger partial charge on any atom is -0.352 e. The van der Waals surface area contributed by atoms with Gasteiger partial charge in [0.1, 0.15) is 11.9 Å². The van der Waals surface area contributed by atoms with Crippen LogP contribution in [0.2, 0.25) is 0 Å². The number of amides is 1. The quantitative estimate of drug-likeness (QED) is 0.903. The number of likely N-dealkylation sites (tertiary alicyclic amines) is 1. The molecule has 0 spiro atoms. The van der Waals surface area contributed by atoms with Gasteiger partial charge in [-0.2, -0.15) is 0 Å². The second-order valence-electron chi connectivity index (χ2n) is 6.99. The fraction of sp³-hybridized carbons (Fsp3) is 0.611. The predicted molar refractivity (Wildman–Crippen MR) is 88.6 cm³/mol. The van der Waals surface area contributed by atoms with Gasteiger partial charge in [-0.15, -0.1) is 0 Å². The summed E-state index contributed by atoms with van der Waals surface area (Å²) in [5.74, 6) is -0.210. The van der Waals surface area contributed by atoms with Gasteiger partial charge in [-0.1, -0.05) is 12.1 Å². The van der Waals surface area contributed by atoms with Crippen LogP contribution < -0.4 is 5.32 Å². The zero-order valence-electron chi connectivity index (χ0n) is 14.0. The van der Waals surface area contributed by atoms with Crippen molar-refractivity contribution in [1.29, 1.82) is 0 Å². The third-order valence-electron chi connectivity index (χ3n) is 4.88. The van der Waals surface area contributed by atoms with E-state index in [1.54, 1.807) is 12.1 Å². The van der Waals surface area contributed by atoms with Crippen LogP contribution in [0.5, 0.6) is 0 Å². The average molecular weight is 319 g/mol. The molecule has 0 radical (unpaired) electrons. The van der Waals surface area contributed by atoms with E-state index in [0.717, 1.165) is 44.3 Å². The van der Waals surface area contributed by atoms with Crippen molar-refractivity contribution in [3.63, 3.8) is 0 Å². The van der Waals surface area contributed by atoms with Crippen LogP contribution in [0, 0.1) is 5.82 Å². The molecule has 1 aromatic rings. The molecule has 1 aliphatic carbocycles. The lowest BCUT2D eigenvalue weighted by Crippen LogP contribution is -2.50. The summed E-state index contributed by atoms with van der Waals surface area (Å²) in [6, 6.07) is 6.84. The number of benzene rings is 1.